The Morgan fingerprint density at radius 3 is 2.55 bits per heavy atom. The molecule has 3 atom stereocenters. The van der Waals surface area contributed by atoms with Gasteiger partial charge in [-0.15, -0.1) is 0 Å². The second-order valence-electron chi connectivity index (χ2n) is 5.61. The predicted octanol–water partition coefficient (Wildman–Crippen LogP) is 4.54. The Labute approximate surface area is 115 Å². The minimum Gasteiger partial charge on any atom is -0.388 e. The highest BCUT2D eigenvalue weighted by Crippen LogP contribution is 2.44. The van der Waals surface area contributed by atoms with Gasteiger partial charge in [0.2, 0.25) is 0 Å². The van der Waals surface area contributed by atoms with Crippen molar-refractivity contribution in [3.8, 4) is 0 Å². The molecule has 0 radical (unpaired) electrons. The van der Waals surface area contributed by atoms with Crippen molar-refractivity contribution in [3.63, 3.8) is 0 Å². The van der Waals surface area contributed by atoms with Gasteiger partial charge < -0.3 is 5.11 Å². The molecule has 1 fully saturated rings. The molecule has 0 bridgehead atoms. The van der Waals surface area contributed by atoms with Gasteiger partial charge in [-0.1, -0.05) is 12.5 Å². The van der Waals surface area contributed by atoms with E-state index in [-0.39, 0.29) is 12.8 Å². The van der Waals surface area contributed by atoms with E-state index in [9.17, 15) is 22.7 Å². The number of alkyl halides is 3. The Kier molecular flexibility index (Phi) is 4.37. The van der Waals surface area contributed by atoms with Gasteiger partial charge in [0.15, 0.2) is 0 Å². The molecule has 0 saturated heterocycles. The van der Waals surface area contributed by atoms with Gasteiger partial charge in [0.05, 0.1) is 12.0 Å². The standard InChI is InChI=1S/C15H18F4O/c1-9-7-12(16)5-6-13(9)14(20)10-3-2-4-11(8-10)15(17,18)19/h5-7,10-11,14,20H,2-4,8H2,1H3. The first-order valence-electron chi connectivity index (χ1n) is 6.80. The fourth-order valence-corrected chi connectivity index (χ4v) is 3.04. The maximum Gasteiger partial charge on any atom is 0.391 e. The fraction of sp³-hybridized carbons (Fsp3) is 0.600. The van der Waals surface area contributed by atoms with Crippen LogP contribution in [-0.2, 0) is 0 Å². The minimum absolute atomic E-state index is 0.0541. The molecule has 3 unspecified atom stereocenters. The second kappa shape index (κ2) is 5.72. The molecule has 1 aromatic carbocycles. The lowest BCUT2D eigenvalue weighted by molar-refractivity contribution is -0.189. The van der Waals surface area contributed by atoms with Crippen LogP contribution in [0, 0.1) is 24.6 Å². The number of aliphatic hydroxyl groups is 1. The summed E-state index contributed by atoms with van der Waals surface area (Å²) >= 11 is 0. The number of halogens is 4. The number of aryl methyl sites for hydroxylation is 1. The van der Waals surface area contributed by atoms with Crippen molar-refractivity contribution in [2.45, 2.75) is 44.9 Å². The molecule has 1 nitrogen and oxygen atoms in total. The van der Waals surface area contributed by atoms with Crippen LogP contribution in [0.4, 0.5) is 17.6 Å². The molecule has 0 heterocycles. The normalized spacial score (nSPS) is 25.5. The number of rotatable bonds is 2. The molecule has 20 heavy (non-hydrogen) atoms. The highest BCUT2D eigenvalue weighted by molar-refractivity contribution is 5.29. The van der Waals surface area contributed by atoms with Crippen molar-refractivity contribution in [2.24, 2.45) is 11.8 Å². The molecule has 0 spiro atoms. The van der Waals surface area contributed by atoms with Crippen LogP contribution in [0.25, 0.3) is 0 Å². The van der Waals surface area contributed by atoms with Crippen molar-refractivity contribution in [3.05, 3.63) is 35.1 Å². The molecule has 1 aliphatic rings. The summed E-state index contributed by atoms with van der Waals surface area (Å²) in [4.78, 5) is 0. The third-order valence-corrected chi connectivity index (χ3v) is 4.17. The van der Waals surface area contributed by atoms with Gasteiger partial charge in [0, 0.05) is 0 Å². The summed E-state index contributed by atoms with van der Waals surface area (Å²) in [7, 11) is 0. The van der Waals surface area contributed by atoms with Gasteiger partial charge in [-0.3, -0.25) is 0 Å². The Morgan fingerprint density at radius 2 is 1.95 bits per heavy atom. The molecule has 1 saturated carbocycles. The van der Waals surface area contributed by atoms with Gasteiger partial charge in [0.1, 0.15) is 5.82 Å². The molecule has 2 rings (SSSR count). The van der Waals surface area contributed by atoms with E-state index in [1.807, 2.05) is 0 Å². The molecular formula is C15H18F4O. The third-order valence-electron chi connectivity index (χ3n) is 4.17. The summed E-state index contributed by atoms with van der Waals surface area (Å²) in [5.41, 5.74) is 1.10. The Hall–Kier alpha value is -1.10. The van der Waals surface area contributed by atoms with Crippen LogP contribution in [0.1, 0.15) is 42.9 Å². The summed E-state index contributed by atoms with van der Waals surface area (Å²) < 4.78 is 51.4. The van der Waals surface area contributed by atoms with Crippen LogP contribution in [0.3, 0.4) is 0 Å². The average molecular weight is 290 g/mol. The Morgan fingerprint density at radius 1 is 1.25 bits per heavy atom. The lowest BCUT2D eigenvalue weighted by Gasteiger charge is -2.33. The van der Waals surface area contributed by atoms with E-state index < -0.39 is 29.9 Å². The van der Waals surface area contributed by atoms with Crippen LogP contribution >= 0.6 is 0 Å². The lowest BCUT2D eigenvalue weighted by Crippen LogP contribution is -2.31. The number of benzene rings is 1. The summed E-state index contributed by atoms with van der Waals surface area (Å²) in [6, 6.07) is 3.99. The van der Waals surface area contributed by atoms with Crippen molar-refractivity contribution in [1.29, 1.82) is 0 Å². The maximum atomic E-state index is 13.0. The zero-order chi connectivity index (χ0) is 14.9. The second-order valence-corrected chi connectivity index (χ2v) is 5.61. The molecule has 112 valence electrons. The van der Waals surface area contributed by atoms with Crippen LogP contribution in [-0.4, -0.2) is 11.3 Å². The summed E-state index contributed by atoms with van der Waals surface area (Å²) in [5.74, 6) is -2.16. The fourth-order valence-electron chi connectivity index (χ4n) is 3.04. The minimum atomic E-state index is -4.20. The highest BCUT2D eigenvalue weighted by Gasteiger charge is 2.43. The quantitative estimate of drug-likeness (QED) is 0.793. The largest absolute Gasteiger partial charge is 0.391 e. The van der Waals surface area contributed by atoms with E-state index in [0.717, 1.165) is 0 Å². The van der Waals surface area contributed by atoms with E-state index in [0.29, 0.717) is 24.0 Å². The zero-order valence-electron chi connectivity index (χ0n) is 11.3. The van der Waals surface area contributed by atoms with Crippen molar-refractivity contribution >= 4 is 0 Å². The monoisotopic (exact) mass is 290 g/mol. The van der Waals surface area contributed by atoms with Crippen molar-refractivity contribution in [2.75, 3.05) is 0 Å². The topological polar surface area (TPSA) is 20.2 Å². The SMILES string of the molecule is Cc1cc(F)ccc1C(O)C1CCCC(C(F)(F)F)C1. The average Bonchev–Trinajstić information content (AvgIpc) is 2.37. The first-order valence-corrected chi connectivity index (χ1v) is 6.80. The van der Waals surface area contributed by atoms with E-state index in [4.69, 9.17) is 0 Å². The summed E-state index contributed by atoms with van der Waals surface area (Å²) in [5, 5.41) is 10.3. The number of aliphatic hydroxyl groups excluding tert-OH is 1. The van der Waals surface area contributed by atoms with Crippen LogP contribution in [0.2, 0.25) is 0 Å². The first-order chi connectivity index (χ1) is 9.29. The molecule has 0 aromatic heterocycles. The van der Waals surface area contributed by atoms with Gasteiger partial charge in [-0.25, -0.2) is 4.39 Å². The van der Waals surface area contributed by atoms with Gasteiger partial charge in [-0.2, -0.15) is 13.2 Å². The Bertz CT molecular complexity index is 469. The van der Waals surface area contributed by atoms with E-state index in [1.54, 1.807) is 6.92 Å². The summed E-state index contributed by atoms with van der Waals surface area (Å²) in [6.45, 7) is 1.66. The van der Waals surface area contributed by atoms with Gasteiger partial charge >= 0.3 is 6.18 Å². The molecule has 1 aliphatic carbocycles. The summed E-state index contributed by atoms with van der Waals surface area (Å²) in [6.07, 6.45) is -4.04. The predicted molar refractivity (Wildman–Crippen MR) is 67.6 cm³/mol. The zero-order valence-corrected chi connectivity index (χ0v) is 11.3. The van der Waals surface area contributed by atoms with E-state index in [2.05, 4.69) is 0 Å². The van der Waals surface area contributed by atoms with E-state index in [1.165, 1.54) is 18.2 Å². The van der Waals surface area contributed by atoms with Crippen molar-refractivity contribution in [1.82, 2.24) is 0 Å². The third kappa shape index (κ3) is 3.32. The number of hydrogen-bond donors (Lipinski definition) is 1. The first kappa shape index (κ1) is 15.3. The molecular weight excluding hydrogens is 272 g/mol. The molecule has 1 aromatic rings. The molecule has 0 amide bonds. The van der Waals surface area contributed by atoms with Crippen LogP contribution in [0.15, 0.2) is 18.2 Å². The van der Waals surface area contributed by atoms with Gasteiger partial charge in [0.25, 0.3) is 0 Å². The van der Waals surface area contributed by atoms with E-state index >= 15 is 0 Å². The maximum absolute atomic E-state index is 13.0. The lowest BCUT2D eigenvalue weighted by atomic mass is 9.76. The van der Waals surface area contributed by atoms with Crippen molar-refractivity contribution < 1.29 is 22.7 Å². The smallest absolute Gasteiger partial charge is 0.388 e. The van der Waals surface area contributed by atoms with Crippen LogP contribution < -0.4 is 0 Å². The molecule has 5 heteroatoms. The highest BCUT2D eigenvalue weighted by atomic mass is 19.4. The van der Waals surface area contributed by atoms with Crippen LogP contribution in [0.5, 0.6) is 0 Å². The van der Waals surface area contributed by atoms with Gasteiger partial charge in [-0.05, 0) is 55.4 Å². The molecule has 1 N–H and O–H groups in total. The number of hydrogen-bond acceptors (Lipinski definition) is 1. The Balaban J connectivity index is 2.14. The molecule has 0 aliphatic heterocycles.